The van der Waals surface area contributed by atoms with Crippen LogP contribution in [-0.2, 0) is 26.4 Å². The quantitative estimate of drug-likeness (QED) is 0.494. The molecular formula is C23H25ClO8. The molecule has 0 aromatic heterocycles. The van der Waals surface area contributed by atoms with Gasteiger partial charge in [-0.25, -0.2) is 0 Å². The Morgan fingerprint density at radius 1 is 1.03 bits per heavy atom. The lowest BCUT2D eigenvalue weighted by Crippen LogP contribution is -2.65. The fraction of sp³-hybridized carbons (Fsp3) is 0.478. The first-order chi connectivity index (χ1) is 15.4. The molecule has 3 fully saturated rings. The smallest absolute Gasteiger partial charge is 0.225 e. The topological polar surface area (TPSA) is 118 Å². The summed E-state index contributed by atoms with van der Waals surface area (Å²) in [5.41, 5.74) is 0.688. The molecule has 3 aliphatic rings. The second-order valence-corrected chi connectivity index (χ2v) is 8.97. The molecule has 3 saturated heterocycles. The number of hydrogen-bond acceptors (Lipinski definition) is 8. The molecule has 3 heterocycles. The highest BCUT2D eigenvalue weighted by atomic mass is 35.5. The van der Waals surface area contributed by atoms with E-state index in [1.807, 2.05) is 24.3 Å². The van der Waals surface area contributed by atoms with E-state index in [0.29, 0.717) is 30.2 Å². The highest BCUT2D eigenvalue weighted by Crippen LogP contribution is 2.49. The first kappa shape index (κ1) is 22.1. The van der Waals surface area contributed by atoms with Gasteiger partial charge in [0.15, 0.2) is 0 Å². The van der Waals surface area contributed by atoms with Crippen LogP contribution in [0.2, 0.25) is 5.02 Å². The lowest BCUT2D eigenvalue weighted by atomic mass is 9.83. The monoisotopic (exact) mass is 464 g/mol. The molecule has 0 aliphatic carbocycles. The number of rotatable bonds is 6. The van der Waals surface area contributed by atoms with Gasteiger partial charge in [-0.1, -0.05) is 29.8 Å². The van der Waals surface area contributed by atoms with E-state index in [-0.39, 0.29) is 12.7 Å². The SMILES string of the molecule is OC[C@@]12CO[C@@](c3ccc(Cl)c(Cc4ccc(OC5COC5)cc4)c3)(O1)[C@H](O)[C@@H](O)[C@@H]2O. The van der Waals surface area contributed by atoms with Gasteiger partial charge in [0.25, 0.3) is 0 Å². The van der Waals surface area contributed by atoms with E-state index in [1.165, 1.54) is 0 Å². The van der Waals surface area contributed by atoms with Crippen molar-refractivity contribution in [3.05, 3.63) is 64.2 Å². The van der Waals surface area contributed by atoms with Crippen molar-refractivity contribution < 1.29 is 39.4 Å². The molecule has 8 nitrogen and oxygen atoms in total. The zero-order valence-corrected chi connectivity index (χ0v) is 17.9. The predicted octanol–water partition coefficient (Wildman–Crippen LogP) is 0.735. The third kappa shape index (κ3) is 3.52. The Hall–Kier alpha value is -1.75. The van der Waals surface area contributed by atoms with Crippen LogP contribution >= 0.6 is 11.6 Å². The van der Waals surface area contributed by atoms with Crippen LogP contribution in [0.25, 0.3) is 0 Å². The Balaban J connectivity index is 1.40. The fourth-order valence-electron chi connectivity index (χ4n) is 4.38. The van der Waals surface area contributed by atoms with Crippen LogP contribution in [-0.4, -0.2) is 76.9 Å². The summed E-state index contributed by atoms with van der Waals surface area (Å²) in [4.78, 5) is 0. The highest BCUT2D eigenvalue weighted by molar-refractivity contribution is 6.31. The first-order valence-corrected chi connectivity index (χ1v) is 10.9. The van der Waals surface area contributed by atoms with E-state index in [1.54, 1.807) is 18.2 Å². The lowest BCUT2D eigenvalue weighted by molar-refractivity contribution is -0.329. The molecule has 5 atom stereocenters. The number of benzene rings is 2. The molecule has 5 rings (SSSR count). The van der Waals surface area contributed by atoms with Gasteiger partial charge in [-0.2, -0.15) is 0 Å². The van der Waals surface area contributed by atoms with Gasteiger partial charge in [0.1, 0.15) is 35.8 Å². The van der Waals surface area contributed by atoms with Gasteiger partial charge in [0.05, 0.1) is 26.4 Å². The van der Waals surface area contributed by atoms with Crippen molar-refractivity contribution in [3.8, 4) is 5.75 Å². The largest absolute Gasteiger partial charge is 0.486 e. The molecule has 32 heavy (non-hydrogen) atoms. The van der Waals surface area contributed by atoms with Gasteiger partial charge >= 0.3 is 0 Å². The highest BCUT2D eigenvalue weighted by Gasteiger charge is 2.67. The van der Waals surface area contributed by atoms with E-state index in [2.05, 4.69) is 0 Å². The maximum atomic E-state index is 10.7. The van der Waals surface area contributed by atoms with Crippen LogP contribution in [0.3, 0.4) is 0 Å². The van der Waals surface area contributed by atoms with E-state index >= 15 is 0 Å². The van der Waals surface area contributed by atoms with Gasteiger partial charge in [-0.3, -0.25) is 0 Å². The van der Waals surface area contributed by atoms with Gasteiger partial charge < -0.3 is 39.4 Å². The fourth-order valence-corrected chi connectivity index (χ4v) is 4.57. The third-order valence-corrected chi connectivity index (χ3v) is 6.77. The van der Waals surface area contributed by atoms with Crippen LogP contribution in [0.15, 0.2) is 42.5 Å². The van der Waals surface area contributed by atoms with E-state index in [0.717, 1.165) is 16.9 Å². The minimum absolute atomic E-state index is 0.0967. The number of aliphatic hydroxyl groups excluding tert-OH is 4. The van der Waals surface area contributed by atoms with Crippen molar-refractivity contribution in [2.24, 2.45) is 0 Å². The van der Waals surface area contributed by atoms with Crippen LogP contribution < -0.4 is 4.74 Å². The number of hydrogen-bond donors (Lipinski definition) is 4. The number of fused-ring (bicyclic) bond motifs is 2. The van der Waals surface area contributed by atoms with E-state index in [4.69, 9.17) is 30.5 Å². The number of ether oxygens (including phenoxy) is 4. The van der Waals surface area contributed by atoms with Gasteiger partial charge in [-0.05, 0) is 41.8 Å². The van der Waals surface area contributed by atoms with Crippen molar-refractivity contribution >= 4 is 11.6 Å². The zero-order chi connectivity index (χ0) is 22.5. The van der Waals surface area contributed by atoms with Crippen molar-refractivity contribution in [2.45, 2.75) is 42.2 Å². The Morgan fingerprint density at radius 3 is 2.44 bits per heavy atom. The van der Waals surface area contributed by atoms with Crippen molar-refractivity contribution in [1.29, 1.82) is 0 Å². The molecule has 9 heteroatoms. The molecule has 0 radical (unpaired) electrons. The predicted molar refractivity (Wildman–Crippen MR) is 112 cm³/mol. The Morgan fingerprint density at radius 2 is 1.78 bits per heavy atom. The summed E-state index contributed by atoms with van der Waals surface area (Å²) in [7, 11) is 0. The molecule has 172 valence electrons. The summed E-state index contributed by atoms with van der Waals surface area (Å²) in [5, 5.41) is 41.8. The summed E-state index contributed by atoms with van der Waals surface area (Å²) >= 11 is 6.44. The summed E-state index contributed by atoms with van der Waals surface area (Å²) in [6.07, 6.45) is -3.99. The summed E-state index contributed by atoms with van der Waals surface area (Å²) in [5.74, 6) is -0.949. The molecule has 2 bridgehead atoms. The summed E-state index contributed by atoms with van der Waals surface area (Å²) in [6.45, 7) is 0.460. The minimum atomic E-state index is -1.72. The molecular weight excluding hydrogens is 440 g/mol. The Bertz CT molecular complexity index is 980. The summed E-state index contributed by atoms with van der Waals surface area (Å²) in [6, 6.07) is 12.8. The van der Waals surface area contributed by atoms with E-state index < -0.39 is 36.3 Å². The molecule has 0 amide bonds. The van der Waals surface area contributed by atoms with Gasteiger partial charge in [0, 0.05) is 10.6 Å². The first-order valence-electron chi connectivity index (χ1n) is 10.5. The van der Waals surface area contributed by atoms with Crippen LogP contribution in [0.5, 0.6) is 5.75 Å². The molecule has 4 N–H and O–H groups in total. The van der Waals surface area contributed by atoms with Crippen molar-refractivity contribution in [2.75, 3.05) is 26.4 Å². The van der Waals surface area contributed by atoms with Gasteiger partial charge in [0.2, 0.25) is 5.79 Å². The van der Waals surface area contributed by atoms with Crippen LogP contribution in [0.1, 0.15) is 16.7 Å². The maximum absolute atomic E-state index is 10.7. The van der Waals surface area contributed by atoms with Crippen LogP contribution in [0.4, 0.5) is 0 Å². The lowest BCUT2D eigenvalue weighted by Gasteiger charge is -2.46. The standard InChI is InChI=1S/C23H25ClO8/c24-18-6-3-15(23-21(28)19(26)20(27)22(11-25,32-23)12-30-23)8-14(18)7-13-1-4-16(5-2-13)31-17-9-29-10-17/h1-6,8,17,19-21,25-28H,7,9-12H2/t19-,20-,21+,22-,23-/m0/s1. The Kier molecular flexibility index (Phi) is 5.68. The molecule has 3 aliphatic heterocycles. The van der Waals surface area contributed by atoms with Crippen molar-refractivity contribution in [3.63, 3.8) is 0 Å². The molecule has 0 saturated carbocycles. The third-order valence-electron chi connectivity index (χ3n) is 6.41. The van der Waals surface area contributed by atoms with Crippen molar-refractivity contribution in [1.82, 2.24) is 0 Å². The average Bonchev–Trinajstić information content (AvgIpc) is 3.16. The normalized spacial score (nSPS) is 34.3. The zero-order valence-electron chi connectivity index (χ0n) is 17.2. The van der Waals surface area contributed by atoms with E-state index in [9.17, 15) is 20.4 Å². The maximum Gasteiger partial charge on any atom is 0.225 e. The number of halogens is 1. The van der Waals surface area contributed by atoms with Crippen LogP contribution in [0, 0.1) is 0 Å². The average molecular weight is 465 g/mol. The molecule has 0 spiro atoms. The summed E-state index contributed by atoms with van der Waals surface area (Å²) < 4.78 is 22.6. The molecule has 2 aromatic rings. The second kappa shape index (κ2) is 8.23. The minimum Gasteiger partial charge on any atom is -0.486 e. The number of aliphatic hydroxyl groups is 4. The molecule has 0 unspecified atom stereocenters. The van der Waals surface area contributed by atoms with Gasteiger partial charge in [-0.15, -0.1) is 0 Å². The Labute approximate surface area is 189 Å². The second-order valence-electron chi connectivity index (χ2n) is 8.57. The molecule has 2 aromatic carbocycles.